The number of para-hydroxylation sites is 1. The van der Waals surface area contributed by atoms with Crippen molar-refractivity contribution in [3.8, 4) is 0 Å². The van der Waals surface area contributed by atoms with Crippen molar-refractivity contribution < 1.29 is 6.33 Å². The second-order valence-corrected chi connectivity index (χ2v) is 2.37. The molecule has 0 aromatic heterocycles. The van der Waals surface area contributed by atoms with Crippen molar-refractivity contribution in [2.24, 2.45) is 0 Å². The van der Waals surface area contributed by atoms with Crippen molar-refractivity contribution in [3.63, 3.8) is 0 Å². The van der Waals surface area contributed by atoms with E-state index in [2.05, 4.69) is 38.4 Å². The Hall–Kier alpha value is -0.820. The summed E-state index contributed by atoms with van der Waals surface area (Å²) in [4.78, 5) is 1.37. The lowest BCUT2D eigenvalue weighted by Gasteiger charge is -2.03. The van der Waals surface area contributed by atoms with E-state index in [1.165, 1.54) is 10.6 Å². The average molecular weight is 123 g/mol. The van der Waals surface area contributed by atoms with Crippen LogP contribution in [0.1, 0.15) is 1.43 Å². The average Bonchev–Trinajstić information content (AvgIpc) is 1.90. The summed E-state index contributed by atoms with van der Waals surface area (Å²) in [7, 11) is 4.24. The maximum atomic E-state index is 2.12. The molecule has 0 fully saturated rings. The molecule has 0 saturated carbocycles. The van der Waals surface area contributed by atoms with Gasteiger partial charge in [0.25, 0.3) is 0 Å². The van der Waals surface area contributed by atoms with Crippen molar-refractivity contribution >= 4 is 5.69 Å². The van der Waals surface area contributed by atoms with Crippen LogP contribution >= 0.6 is 0 Å². The van der Waals surface area contributed by atoms with Crippen LogP contribution in [0.2, 0.25) is 0 Å². The summed E-state index contributed by atoms with van der Waals surface area (Å²) in [6.45, 7) is 0. The predicted octanol–water partition coefficient (Wildman–Crippen LogP) is 0.575. The summed E-state index contributed by atoms with van der Waals surface area (Å²) in [6, 6.07) is 10.4. The lowest BCUT2D eigenvalue weighted by molar-refractivity contribution is -0.786. The van der Waals surface area contributed by atoms with E-state index in [0.29, 0.717) is 0 Å². The van der Waals surface area contributed by atoms with E-state index in [9.17, 15) is 0 Å². The van der Waals surface area contributed by atoms with Gasteiger partial charge in [-0.15, -0.1) is 0 Å². The fourth-order valence-electron chi connectivity index (χ4n) is 0.771. The minimum Gasteiger partial charge on any atom is -1.00 e. The van der Waals surface area contributed by atoms with Crippen LogP contribution in [0, 0.1) is 0 Å². The van der Waals surface area contributed by atoms with Crippen LogP contribution in [0.5, 0.6) is 0 Å². The number of rotatable bonds is 1. The van der Waals surface area contributed by atoms with E-state index in [1.807, 2.05) is 6.07 Å². The maximum Gasteiger partial charge on any atom is 0.130 e. The molecular weight excluding hydrogens is 110 g/mol. The first-order valence-corrected chi connectivity index (χ1v) is 3.16. The predicted molar refractivity (Wildman–Crippen MR) is 40.0 cm³/mol. The normalized spacial score (nSPS) is 10.1. The molecule has 1 aromatic rings. The molecule has 1 aromatic carbocycles. The van der Waals surface area contributed by atoms with Crippen molar-refractivity contribution in [2.75, 3.05) is 14.1 Å². The van der Waals surface area contributed by atoms with E-state index >= 15 is 0 Å². The number of quaternary nitrogens is 1. The van der Waals surface area contributed by atoms with Crippen LogP contribution < -0.4 is 4.90 Å². The van der Waals surface area contributed by atoms with E-state index in [0.717, 1.165) is 0 Å². The highest BCUT2D eigenvalue weighted by Gasteiger charge is 1.93. The molecule has 0 radical (unpaired) electrons. The molecular formula is C8H13N. The second kappa shape index (κ2) is 2.65. The highest BCUT2D eigenvalue weighted by Crippen LogP contribution is 1.95. The zero-order chi connectivity index (χ0) is 6.69. The first-order valence-electron chi connectivity index (χ1n) is 3.16. The van der Waals surface area contributed by atoms with Crippen LogP contribution in [-0.2, 0) is 0 Å². The number of benzene rings is 1. The van der Waals surface area contributed by atoms with Gasteiger partial charge in [0, 0.05) is 0 Å². The van der Waals surface area contributed by atoms with Gasteiger partial charge in [-0.05, 0) is 12.1 Å². The van der Waals surface area contributed by atoms with Gasteiger partial charge in [-0.1, -0.05) is 18.2 Å². The third kappa shape index (κ3) is 1.54. The van der Waals surface area contributed by atoms with Gasteiger partial charge in [0.05, 0.1) is 14.1 Å². The maximum absolute atomic E-state index is 2.12. The van der Waals surface area contributed by atoms with Gasteiger partial charge in [0.15, 0.2) is 0 Å². The molecule has 0 heterocycles. The van der Waals surface area contributed by atoms with E-state index in [1.54, 1.807) is 0 Å². The van der Waals surface area contributed by atoms with Crippen LogP contribution in [0.25, 0.3) is 0 Å². The summed E-state index contributed by atoms with van der Waals surface area (Å²) in [5.74, 6) is 0. The van der Waals surface area contributed by atoms with Gasteiger partial charge < -0.3 is 6.33 Å². The highest BCUT2D eigenvalue weighted by molar-refractivity contribution is 5.27. The smallest absolute Gasteiger partial charge is 0.130 e. The Morgan fingerprint density at radius 2 is 1.67 bits per heavy atom. The lowest BCUT2D eigenvalue weighted by Crippen LogP contribution is -3.00. The largest absolute Gasteiger partial charge is 1.00 e. The minimum absolute atomic E-state index is 0. The molecule has 0 spiro atoms. The molecule has 0 aliphatic heterocycles. The molecule has 0 saturated heterocycles. The summed E-state index contributed by atoms with van der Waals surface area (Å²) >= 11 is 0. The molecule has 0 aliphatic rings. The fraction of sp³-hybridized carbons (Fsp3) is 0.250. The molecule has 1 rings (SSSR count). The Morgan fingerprint density at radius 3 is 2.00 bits per heavy atom. The molecule has 9 heavy (non-hydrogen) atoms. The third-order valence-corrected chi connectivity index (χ3v) is 1.35. The molecule has 0 aliphatic carbocycles. The zero-order valence-corrected chi connectivity index (χ0v) is 5.89. The molecule has 0 bridgehead atoms. The summed E-state index contributed by atoms with van der Waals surface area (Å²) in [5.41, 5.74) is 1.33. The lowest BCUT2D eigenvalue weighted by atomic mass is 10.3. The first kappa shape index (κ1) is 6.30. The van der Waals surface area contributed by atoms with Gasteiger partial charge >= 0.3 is 0 Å². The molecule has 1 N–H and O–H groups in total. The van der Waals surface area contributed by atoms with Crippen molar-refractivity contribution in [1.29, 1.82) is 0 Å². The number of hydrogen-bond donors (Lipinski definition) is 1. The fourth-order valence-corrected chi connectivity index (χ4v) is 0.771. The Bertz CT molecular complexity index is 172. The topological polar surface area (TPSA) is 4.44 Å². The molecule has 0 unspecified atom stereocenters. The van der Waals surface area contributed by atoms with Crippen LogP contribution in [0.15, 0.2) is 30.3 Å². The monoisotopic (exact) mass is 123 g/mol. The Morgan fingerprint density at radius 1 is 1.11 bits per heavy atom. The molecule has 0 atom stereocenters. The summed E-state index contributed by atoms with van der Waals surface area (Å²) in [5, 5.41) is 0. The minimum atomic E-state index is 0. The van der Waals surface area contributed by atoms with Gasteiger partial charge in [-0.2, -0.15) is 0 Å². The number of nitrogens with one attached hydrogen (secondary N) is 1. The standard InChI is InChI=1S/C8H11N.H/c1-9(2)8-6-4-3-5-7-8;/h3-7H,1-2H3;/q;-1/p+1. The first-order chi connectivity index (χ1) is 4.30. The van der Waals surface area contributed by atoms with Gasteiger partial charge in [-0.3, -0.25) is 0 Å². The Kier molecular flexibility index (Phi) is 1.85. The Labute approximate surface area is 57.4 Å². The van der Waals surface area contributed by atoms with Crippen molar-refractivity contribution in [3.05, 3.63) is 30.3 Å². The van der Waals surface area contributed by atoms with E-state index < -0.39 is 0 Å². The van der Waals surface area contributed by atoms with Gasteiger partial charge in [0.1, 0.15) is 5.69 Å². The molecule has 1 heteroatoms. The molecule has 50 valence electrons. The third-order valence-electron chi connectivity index (χ3n) is 1.35. The SMILES string of the molecule is C[NH+](C)c1ccccc1.[H-]. The number of hydrogen-bond acceptors (Lipinski definition) is 0. The van der Waals surface area contributed by atoms with Gasteiger partial charge in [-0.25, -0.2) is 0 Å². The molecule has 1 nitrogen and oxygen atoms in total. The highest BCUT2D eigenvalue weighted by atomic mass is 15.1. The molecule has 0 amide bonds. The second-order valence-electron chi connectivity index (χ2n) is 2.37. The zero-order valence-electron chi connectivity index (χ0n) is 6.89. The Balaban J connectivity index is 0.000000810. The van der Waals surface area contributed by atoms with Crippen LogP contribution in [0.4, 0.5) is 5.69 Å². The quantitative estimate of drug-likeness (QED) is 0.557. The summed E-state index contributed by atoms with van der Waals surface area (Å²) in [6.07, 6.45) is 0. The van der Waals surface area contributed by atoms with E-state index in [-0.39, 0.29) is 1.43 Å². The van der Waals surface area contributed by atoms with Crippen LogP contribution in [-0.4, -0.2) is 14.1 Å². The van der Waals surface area contributed by atoms with Crippen LogP contribution in [0.3, 0.4) is 0 Å². The van der Waals surface area contributed by atoms with Crippen molar-refractivity contribution in [2.45, 2.75) is 0 Å². The van der Waals surface area contributed by atoms with E-state index in [4.69, 9.17) is 0 Å². The van der Waals surface area contributed by atoms with Crippen molar-refractivity contribution in [1.82, 2.24) is 0 Å². The summed E-state index contributed by atoms with van der Waals surface area (Å²) < 4.78 is 0. The van der Waals surface area contributed by atoms with Gasteiger partial charge in [0.2, 0.25) is 0 Å².